The zero-order chi connectivity index (χ0) is 15.7. The molecule has 0 amide bonds. The molecule has 114 valence electrons. The maximum absolute atomic E-state index is 12.1. The lowest BCUT2D eigenvalue weighted by Crippen LogP contribution is -2.13. The Balaban J connectivity index is 2.39. The molecule has 0 aliphatic carbocycles. The number of aromatic nitrogens is 1. The van der Waals surface area contributed by atoms with Crippen LogP contribution in [0.1, 0.15) is 6.42 Å². The Hall–Kier alpha value is -1.54. The molecular formula is C12H9ClF3NO3S. The Bertz CT molecular complexity index is 762. The third-order valence-corrected chi connectivity index (χ3v) is 3.98. The number of alkyl halides is 3. The summed E-state index contributed by atoms with van der Waals surface area (Å²) in [7, 11) is 1.32. The van der Waals surface area contributed by atoms with Gasteiger partial charge >= 0.3 is 6.18 Å². The Kier molecular flexibility index (Phi) is 4.29. The summed E-state index contributed by atoms with van der Waals surface area (Å²) < 4.78 is 64.2. The summed E-state index contributed by atoms with van der Waals surface area (Å²) in [6, 6.07) is 5.36. The van der Waals surface area contributed by atoms with E-state index in [1.807, 2.05) is 0 Å². The second-order valence-corrected chi connectivity index (χ2v) is 6.65. The number of benzene rings is 1. The maximum Gasteiger partial charge on any atom is 0.392 e. The number of hydrogen-bond acceptors (Lipinski definition) is 4. The summed E-state index contributed by atoms with van der Waals surface area (Å²) in [5.41, 5.74) is 0.140. The molecule has 0 bridgehead atoms. The fourth-order valence-corrected chi connectivity index (χ4v) is 2.79. The Morgan fingerprint density at radius 1 is 1.24 bits per heavy atom. The van der Waals surface area contributed by atoms with E-state index in [1.165, 1.54) is 30.5 Å². The molecule has 0 saturated carbocycles. The van der Waals surface area contributed by atoms with Crippen molar-refractivity contribution in [2.45, 2.75) is 17.5 Å². The second kappa shape index (κ2) is 5.69. The highest BCUT2D eigenvalue weighted by atomic mass is 35.7. The lowest BCUT2D eigenvalue weighted by Gasteiger charge is -2.11. The Labute approximate surface area is 122 Å². The summed E-state index contributed by atoms with van der Waals surface area (Å²) in [6.07, 6.45) is -4.07. The van der Waals surface area contributed by atoms with Gasteiger partial charge in [0.15, 0.2) is 0 Å². The van der Waals surface area contributed by atoms with Gasteiger partial charge in [-0.3, -0.25) is 4.98 Å². The van der Waals surface area contributed by atoms with Crippen LogP contribution in [0.25, 0.3) is 10.9 Å². The van der Waals surface area contributed by atoms with Crippen molar-refractivity contribution in [2.24, 2.45) is 0 Å². The number of halogens is 4. The molecule has 1 heterocycles. The molecule has 4 nitrogen and oxygen atoms in total. The van der Waals surface area contributed by atoms with Gasteiger partial charge in [0, 0.05) is 22.3 Å². The van der Waals surface area contributed by atoms with Crippen LogP contribution < -0.4 is 4.74 Å². The van der Waals surface area contributed by atoms with E-state index in [9.17, 15) is 21.6 Å². The van der Waals surface area contributed by atoms with Crippen LogP contribution in [0.2, 0.25) is 0 Å². The lowest BCUT2D eigenvalue weighted by atomic mass is 10.2. The number of fused-ring (bicyclic) bond motifs is 1. The first-order chi connectivity index (χ1) is 9.68. The Morgan fingerprint density at radius 2 is 1.95 bits per heavy atom. The standard InChI is InChI=1S/C12H9ClF3NO3S/c13-21(18,19)10-4-3-9(20-7-5-12(14,15)16)11-8(10)2-1-6-17-11/h1-4,6H,5,7H2. The van der Waals surface area contributed by atoms with Gasteiger partial charge in [0.1, 0.15) is 11.3 Å². The molecule has 0 atom stereocenters. The van der Waals surface area contributed by atoms with Crippen molar-refractivity contribution < 1.29 is 26.3 Å². The minimum absolute atomic E-state index is 0.0684. The third kappa shape index (κ3) is 3.98. The zero-order valence-corrected chi connectivity index (χ0v) is 12.0. The van der Waals surface area contributed by atoms with Crippen molar-refractivity contribution in [2.75, 3.05) is 6.61 Å². The van der Waals surface area contributed by atoms with Crippen LogP contribution >= 0.6 is 10.7 Å². The van der Waals surface area contributed by atoms with Crippen LogP contribution in [-0.2, 0) is 9.05 Å². The molecule has 0 aliphatic rings. The second-order valence-electron chi connectivity index (χ2n) is 4.11. The van der Waals surface area contributed by atoms with Crippen molar-refractivity contribution in [3.63, 3.8) is 0 Å². The van der Waals surface area contributed by atoms with E-state index in [-0.39, 0.29) is 21.5 Å². The molecule has 1 aromatic carbocycles. The molecule has 0 fully saturated rings. The minimum Gasteiger partial charge on any atom is -0.491 e. The molecule has 2 rings (SSSR count). The average Bonchev–Trinajstić information content (AvgIpc) is 2.36. The lowest BCUT2D eigenvalue weighted by molar-refractivity contribution is -0.139. The summed E-state index contributed by atoms with van der Waals surface area (Å²) in [4.78, 5) is 3.77. The van der Waals surface area contributed by atoms with Gasteiger partial charge in [0.25, 0.3) is 9.05 Å². The molecule has 2 aromatic rings. The monoisotopic (exact) mass is 339 g/mol. The van der Waals surface area contributed by atoms with Crippen LogP contribution in [0.15, 0.2) is 35.4 Å². The minimum atomic E-state index is -4.33. The largest absolute Gasteiger partial charge is 0.491 e. The van der Waals surface area contributed by atoms with E-state index in [4.69, 9.17) is 15.4 Å². The smallest absolute Gasteiger partial charge is 0.392 e. The third-order valence-electron chi connectivity index (χ3n) is 2.60. The Morgan fingerprint density at radius 3 is 2.57 bits per heavy atom. The molecule has 21 heavy (non-hydrogen) atoms. The summed E-state index contributed by atoms with van der Waals surface area (Å²) >= 11 is 0. The average molecular weight is 340 g/mol. The normalized spacial score (nSPS) is 12.6. The first-order valence-corrected chi connectivity index (χ1v) is 8.01. The summed E-state index contributed by atoms with van der Waals surface area (Å²) in [6.45, 7) is -0.581. The number of ether oxygens (including phenoxy) is 1. The van der Waals surface area contributed by atoms with Crippen LogP contribution in [0.4, 0.5) is 13.2 Å². The van der Waals surface area contributed by atoms with Crippen molar-refractivity contribution in [3.8, 4) is 5.75 Å². The predicted octanol–water partition coefficient (Wildman–Crippen LogP) is 3.49. The summed E-state index contributed by atoms with van der Waals surface area (Å²) in [5, 5.41) is 0.192. The molecule has 0 N–H and O–H groups in total. The topological polar surface area (TPSA) is 56.3 Å². The van der Waals surface area contributed by atoms with Crippen molar-refractivity contribution in [1.82, 2.24) is 4.98 Å². The number of hydrogen-bond donors (Lipinski definition) is 0. The van der Waals surface area contributed by atoms with E-state index in [0.717, 1.165) is 0 Å². The summed E-state index contributed by atoms with van der Waals surface area (Å²) in [5.74, 6) is 0.0684. The van der Waals surface area contributed by atoms with Gasteiger partial charge in [-0.05, 0) is 24.3 Å². The van der Waals surface area contributed by atoms with Crippen molar-refractivity contribution in [3.05, 3.63) is 30.5 Å². The van der Waals surface area contributed by atoms with Crippen LogP contribution in [0, 0.1) is 0 Å². The molecule has 9 heteroatoms. The highest BCUT2D eigenvalue weighted by Gasteiger charge is 2.27. The molecule has 0 spiro atoms. The molecule has 0 aliphatic heterocycles. The van der Waals surface area contributed by atoms with Crippen LogP contribution in [-0.4, -0.2) is 26.2 Å². The molecule has 1 aromatic heterocycles. The van der Waals surface area contributed by atoms with Crippen molar-refractivity contribution in [1.29, 1.82) is 0 Å². The highest BCUT2D eigenvalue weighted by Crippen LogP contribution is 2.31. The SMILES string of the molecule is O=S(=O)(Cl)c1ccc(OCCC(F)(F)F)c2ncccc12. The molecule has 0 radical (unpaired) electrons. The van der Waals surface area contributed by atoms with Gasteiger partial charge in [-0.2, -0.15) is 13.2 Å². The van der Waals surface area contributed by atoms with Gasteiger partial charge in [-0.15, -0.1) is 0 Å². The van der Waals surface area contributed by atoms with E-state index in [2.05, 4.69) is 4.98 Å². The first-order valence-electron chi connectivity index (χ1n) is 5.70. The zero-order valence-electron chi connectivity index (χ0n) is 10.4. The van der Waals surface area contributed by atoms with Crippen LogP contribution in [0.3, 0.4) is 0 Å². The van der Waals surface area contributed by atoms with Crippen molar-refractivity contribution >= 4 is 30.6 Å². The fourth-order valence-electron chi connectivity index (χ4n) is 1.73. The molecular weight excluding hydrogens is 331 g/mol. The molecule has 0 saturated heterocycles. The van der Waals surface area contributed by atoms with Gasteiger partial charge < -0.3 is 4.74 Å². The number of pyridine rings is 1. The quantitative estimate of drug-likeness (QED) is 0.800. The highest BCUT2D eigenvalue weighted by molar-refractivity contribution is 8.14. The maximum atomic E-state index is 12.1. The van der Waals surface area contributed by atoms with Gasteiger partial charge in [-0.1, -0.05) is 0 Å². The van der Waals surface area contributed by atoms with E-state index in [1.54, 1.807) is 0 Å². The fraction of sp³-hybridized carbons (Fsp3) is 0.250. The van der Waals surface area contributed by atoms with E-state index < -0.39 is 28.3 Å². The van der Waals surface area contributed by atoms with Crippen LogP contribution in [0.5, 0.6) is 5.75 Å². The van der Waals surface area contributed by atoms with Gasteiger partial charge in [-0.25, -0.2) is 8.42 Å². The number of rotatable bonds is 4. The van der Waals surface area contributed by atoms with Gasteiger partial charge in [0.2, 0.25) is 0 Å². The van der Waals surface area contributed by atoms with E-state index >= 15 is 0 Å². The molecule has 0 unspecified atom stereocenters. The van der Waals surface area contributed by atoms with E-state index in [0.29, 0.717) is 0 Å². The number of nitrogens with zero attached hydrogens (tertiary/aromatic N) is 1. The first kappa shape index (κ1) is 15.8. The predicted molar refractivity (Wildman–Crippen MR) is 70.9 cm³/mol. The van der Waals surface area contributed by atoms with Gasteiger partial charge in [0.05, 0.1) is 17.9 Å².